The number of nitrogens with zero attached hydrogens (tertiary/aromatic N) is 2. The number of benzene rings is 3. The van der Waals surface area contributed by atoms with Gasteiger partial charge in [-0.15, -0.1) is 11.3 Å². The molecule has 5 aromatic rings. The van der Waals surface area contributed by atoms with Gasteiger partial charge in [0, 0.05) is 21.6 Å². The Bertz CT molecular complexity index is 1590. The summed E-state index contributed by atoms with van der Waals surface area (Å²) in [6.07, 6.45) is 5.50. The molecule has 6 rings (SSSR count). The molecule has 0 amide bonds. The molecule has 0 saturated carbocycles. The highest BCUT2D eigenvalue weighted by atomic mass is 35.5. The molecule has 2 aromatic heterocycles. The van der Waals surface area contributed by atoms with E-state index in [4.69, 9.17) is 21.0 Å². The van der Waals surface area contributed by atoms with E-state index >= 15 is 0 Å². The van der Waals surface area contributed by atoms with Gasteiger partial charge in [0.25, 0.3) is 0 Å². The molecule has 174 valence electrons. The van der Waals surface area contributed by atoms with Crippen LogP contribution in [0.15, 0.2) is 52.9 Å². The molecule has 0 fully saturated rings. The lowest BCUT2D eigenvalue weighted by Crippen LogP contribution is -1.99. The van der Waals surface area contributed by atoms with Crippen LogP contribution < -0.4 is 0 Å². The summed E-state index contributed by atoms with van der Waals surface area (Å²) in [4.78, 5) is 22.3. The maximum absolute atomic E-state index is 11.2. The Morgan fingerprint density at radius 3 is 2.34 bits per heavy atom. The Morgan fingerprint density at radius 1 is 0.914 bits per heavy atom. The summed E-state index contributed by atoms with van der Waals surface area (Å²) in [7, 11) is 0. The van der Waals surface area contributed by atoms with Crippen molar-refractivity contribution in [2.45, 2.75) is 39.5 Å². The topological polar surface area (TPSA) is 56.0 Å². The molecule has 1 aliphatic rings. The van der Waals surface area contributed by atoms with E-state index in [1.54, 1.807) is 12.1 Å². The fraction of sp³-hybridized carbons (Fsp3) is 0.207. The summed E-state index contributed by atoms with van der Waals surface area (Å²) in [6.45, 7) is 4.27. The van der Waals surface area contributed by atoms with Gasteiger partial charge in [0.1, 0.15) is 16.8 Å². The van der Waals surface area contributed by atoms with Gasteiger partial charge >= 0.3 is 0 Å². The van der Waals surface area contributed by atoms with Crippen LogP contribution >= 0.6 is 22.9 Å². The van der Waals surface area contributed by atoms with Gasteiger partial charge in [0.05, 0.1) is 10.7 Å². The molecule has 4 nitrogen and oxygen atoms in total. The number of hydrogen-bond acceptors (Lipinski definition) is 5. The van der Waals surface area contributed by atoms with Gasteiger partial charge in [0.2, 0.25) is 5.89 Å². The first-order valence-electron chi connectivity index (χ1n) is 11.8. The number of rotatable bonds is 4. The van der Waals surface area contributed by atoms with E-state index in [9.17, 15) is 4.79 Å². The minimum absolute atomic E-state index is 0.381. The maximum Gasteiger partial charge on any atom is 0.227 e. The Balaban J connectivity index is 1.45. The summed E-state index contributed by atoms with van der Waals surface area (Å²) >= 11 is 8.19. The van der Waals surface area contributed by atoms with Crippen LogP contribution in [-0.4, -0.2) is 16.3 Å². The monoisotopic (exact) mass is 498 g/mol. The second-order valence-corrected chi connectivity index (χ2v) is 10.5. The normalized spacial score (nSPS) is 13.2. The third-order valence-corrected chi connectivity index (χ3v) is 8.34. The third-order valence-electron chi connectivity index (χ3n) is 6.87. The Labute approximate surface area is 212 Å². The zero-order valence-corrected chi connectivity index (χ0v) is 21.1. The summed E-state index contributed by atoms with van der Waals surface area (Å²) < 4.78 is 6.06. The van der Waals surface area contributed by atoms with Gasteiger partial charge in [-0.2, -0.15) is 0 Å². The molecular weight excluding hydrogens is 476 g/mol. The van der Waals surface area contributed by atoms with Crippen molar-refractivity contribution >= 4 is 40.3 Å². The van der Waals surface area contributed by atoms with Crippen molar-refractivity contribution in [3.05, 3.63) is 80.8 Å². The molecule has 0 N–H and O–H groups in total. The first-order chi connectivity index (χ1) is 17.0. The lowest BCUT2D eigenvalue weighted by atomic mass is 9.91. The van der Waals surface area contributed by atoms with Crippen LogP contribution in [0.3, 0.4) is 0 Å². The molecule has 0 unspecified atom stereocenters. The second-order valence-electron chi connectivity index (χ2n) is 9.04. The van der Waals surface area contributed by atoms with Crippen molar-refractivity contribution in [2.24, 2.45) is 0 Å². The Morgan fingerprint density at radius 2 is 1.60 bits per heavy atom. The molecule has 35 heavy (non-hydrogen) atoms. The number of fused-ring (bicyclic) bond motifs is 2. The molecule has 0 aliphatic heterocycles. The third kappa shape index (κ3) is 3.79. The largest absolute Gasteiger partial charge is 0.434 e. The van der Waals surface area contributed by atoms with E-state index in [1.807, 2.05) is 23.5 Å². The predicted molar refractivity (Wildman–Crippen MR) is 143 cm³/mol. The van der Waals surface area contributed by atoms with E-state index in [1.165, 1.54) is 40.1 Å². The fourth-order valence-corrected chi connectivity index (χ4v) is 6.47. The first-order valence-corrected chi connectivity index (χ1v) is 13.0. The maximum atomic E-state index is 11.2. The summed E-state index contributed by atoms with van der Waals surface area (Å²) in [6, 6.07) is 15.9. The average molecular weight is 499 g/mol. The molecule has 1 aliphatic carbocycles. The highest BCUT2D eigenvalue weighted by Crippen LogP contribution is 2.40. The van der Waals surface area contributed by atoms with Gasteiger partial charge in [-0.05, 0) is 80.0 Å². The minimum atomic E-state index is 0.381. The van der Waals surface area contributed by atoms with E-state index in [0.29, 0.717) is 27.6 Å². The zero-order valence-electron chi connectivity index (χ0n) is 19.5. The molecular formula is C29H23ClN2O2S. The van der Waals surface area contributed by atoms with E-state index in [0.717, 1.165) is 40.8 Å². The summed E-state index contributed by atoms with van der Waals surface area (Å²) in [5.41, 5.74) is 9.51. The quantitative estimate of drug-likeness (QED) is 0.234. The number of aldehydes is 1. The number of thiazole rings is 1. The van der Waals surface area contributed by atoms with Crippen LogP contribution in [0.5, 0.6) is 0 Å². The van der Waals surface area contributed by atoms with Gasteiger partial charge in [-0.25, -0.2) is 9.97 Å². The number of halogens is 1. The number of carbonyl (C=O) groups is 1. The SMILES string of the molecule is Cc1c(-c2nc3cc(C=O)cc(Cl)c3o2)cccc1-c1cccc(-c2nc3c(s2)CCCC3)c1C. The van der Waals surface area contributed by atoms with Crippen LogP contribution in [0.4, 0.5) is 0 Å². The number of hydrogen-bond donors (Lipinski definition) is 0. The summed E-state index contributed by atoms with van der Waals surface area (Å²) in [5.74, 6) is 0.491. The molecule has 6 heteroatoms. The molecule has 2 heterocycles. The van der Waals surface area contributed by atoms with Crippen molar-refractivity contribution in [3.63, 3.8) is 0 Å². The Hall–Kier alpha value is -3.28. The molecule has 0 bridgehead atoms. The van der Waals surface area contributed by atoms with Crippen molar-refractivity contribution in [1.82, 2.24) is 9.97 Å². The number of carbonyl (C=O) groups excluding carboxylic acids is 1. The highest BCUT2D eigenvalue weighted by molar-refractivity contribution is 7.15. The van der Waals surface area contributed by atoms with Crippen LogP contribution in [0, 0.1) is 13.8 Å². The molecule has 0 spiro atoms. The van der Waals surface area contributed by atoms with Crippen LogP contribution in [0.25, 0.3) is 44.3 Å². The fourth-order valence-electron chi connectivity index (χ4n) is 4.98. The lowest BCUT2D eigenvalue weighted by molar-refractivity contribution is 0.112. The van der Waals surface area contributed by atoms with Crippen LogP contribution in [0.1, 0.15) is 44.9 Å². The number of oxazole rings is 1. The Kier molecular flexibility index (Phi) is 5.54. The summed E-state index contributed by atoms with van der Waals surface area (Å²) in [5, 5.41) is 1.50. The van der Waals surface area contributed by atoms with Crippen molar-refractivity contribution in [2.75, 3.05) is 0 Å². The first kappa shape index (κ1) is 22.2. The standard InChI is InChI=1S/C29H23ClN2O2S/c1-16-19(7-5-9-21(16)28-31-25-14-18(15-33)13-23(30)27(25)34-28)20-8-6-10-22(17(20)2)29-32-24-11-3-4-12-26(24)35-29/h5-10,13-15H,3-4,11-12H2,1-2H3. The van der Waals surface area contributed by atoms with E-state index < -0.39 is 0 Å². The van der Waals surface area contributed by atoms with Crippen molar-refractivity contribution < 1.29 is 9.21 Å². The van der Waals surface area contributed by atoms with Crippen molar-refractivity contribution in [1.29, 1.82) is 0 Å². The highest BCUT2D eigenvalue weighted by Gasteiger charge is 2.20. The number of aromatic nitrogens is 2. The molecule has 0 saturated heterocycles. The van der Waals surface area contributed by atoms with E-state index in [2.05, 4.69) is 43.1 Å². The lowest BCUT2D eigenvalue weighted by Gasteiger charge is -2.14. The van der Waals surface area contributed by atoms with Crippen LogP contribution in [-0.2, 0) is 12.8 Å². The zero-order chi connectivity index (χ0) is 24.1. The molecule has 0 atom stereocenters. The van der Waals surface area contributed by atoms with Crippen LogP contribution in [0.2, 0.25) is 5.02 Å². The second kappa shape index (κ2) is 8.74. The van der Waals surface area contributed by atoms with E-state index in [-0.39, 0.29) is 0 Å². The average Bonchev–Trinajstić information content (AvgIpc) is 3.49. The van der Waals surface area contributed by atoms with Gasteiger partial charge in [-0.3, -0.25) is 4.79 Å². The predicted octanol–water partition coefficient (Wildman–Crippen LogP) is 8.25. The van der Waals surface area contributed by atoms with Gasteiger partial charge in [-0.1, -0.05) is 41.9 Å². The smallest absolute Gasteiger partial charge is 0.227 e. The minimum Gasteiger partial charge on any atom is -0.434 e. The van der Waals surface area contributed by atoms with Crippen molar-refractivity contribution in [3.8, 4) is 33.2 Å². The van der Waals surface area contributed by atoms with Gasteiger partial charge < -0.3 is 4.42 Å². The molecule has 0 radical (unpaired) electrons. The number of aryl methyl sites for hydroxylation is 2. The van der Waals surface area contributed by atoms with Gasteiger partial charge in [0.15, 0.2) is 5.58 Å². The molecule has 3 aromatic carbocycles.